The van der Waals surface area contributed by atoms with Crippen LogP contribution in [0.1, 0.15) is 19.8 Å². The Morgan fingerprint density at radius 1 is 1.56 bits per heavy atom. The van der Waals surface area contributed by atoms with Gasteiger partial charge in [-0.05, 0) is 38.8 Å². The van der Waals surface area contributed by atoms with Crippen molar-refractivity contribution in [3.05, 3.63) is 0 Å². The second-order valence-electron chi connectivity index (χ2n) is 4.70. The summed E-state index contributed by atoms with van der Waals surface area (Å²) < 4.78 is 35.6. The molecule has 2 unspecified atom stereocenters. The Labute approximate surface area is 104 Å². The maximum Gasteiger partial charge on any atom is 0.471 e. The predicted molar refractivity (Wildman–Crippen MR) is 59.9 cm³/mol. The molecule has 0 aromatic heterocycles. The average molecular weight is 268 g/mol. The average Bonchev–Trinajstić information content (AvgIpc) is 2.71. The molecule has 7 heteroatoms. The Hall–Kier alpha value is -0.820. The van der Waals surface area contributed by atoms with E-state index in [1.165, 1.54) is 0 Å². The van der Waals surface area contributed by atoms with Gasteiger partial charge in [0.2, 0.25) is 0 Å². The van der Waals surface area contributed by atoms with E-state index in [0.717, 1.165) is 19.5 Å². The Morgan fingerprint density at radius 2 is 2.22 bits per heavy atom. The van der Waals surface area contributed by atoms with Crippen LogP contribution in [-0.2, 0) is 4.79 Å². The van der Waals surface area contributed by atoms with Crippen molar-refractivity contribution in [1.82, 2.24) is 10.2 Å². The molecule has 1 rings (SSSR count). The predicted octanol–water partition coefficient (Wildman–Crippen LogP) is 0.758. The van der Waals surface area contributed by atoms with Gasteiger partial charge in [0.05, 0.1) is 6.10 Å². The standard InChI is InChI=1S/C11H19F3N2O2/c1-8(17)9-3-6-16(7-9)5-2-4-15-10(18)11(12,13)14/h8-9,17H,2-7H2,1H3,(H,15,18). The summed E-state index contributed by atoms with van der Waals surface area (Å²) in [5.74, 6) is -1.64. The zero-order valence-electron chi connectivity index (χ0n) is 10.3. The van der Waals surface area contributed by atoms with Gasteiger partial charge >= 0.3 is 12.1 Å². The van der Waals surface area contributed by atoms with E-state index in [0.29, 0.717) is 13.0 Å². The van der Waals surface area contributed by atoms with E-state index in [-0.39, 0.29) is 18.6 Å². The fourth-order valence-electron chi connectivity index (χ4n) is 2.06. The Balaban J connectivity index is 2.11. The first kappa shape index (κ1) is 15.2. The highest BCUT2D eigenvalue weighted by atomic mass is 19.4. The molecule has 4 nitrogen and oxygen atoms in total. The van der Waals surface area contributed by atoms with Crippen LogP contribution >= 0.6 is 0 Å². The number of hydrogen-bond acceptors (Lipinski definition) is 3. The van der Waals surface area contributed by atoms with Gasteiger partial charge in [-0.15, -0.1) is 0 Å². The van der Waals surface area contributed by atoms with Gasteiger partial charge in [-0.3, -0.25) is 4.79 Å². The van der Waals surface area contributed by atoms with Gasteiger partial charge in [0, 0.05) is 13.1 Å². The largest absolute Gasteiger partial charge is 0.471 e. The van der Waals surface area contributed by atoms with Crippen LogP contribution in [0.4, 0.5) is 13.2 Å². The fourth-order valence-corrected chi connectivity index (χ4v) is 2.06. The van der Waals surface area contributed by atoms with Crippen molar-refractivity contribution in [1.29, 1.82) is 0 Å². The van der Waals surface area contributed by atoms with Crippen molar-refractivity contribution >= 4 is 5.91 Å². The number of aliphatic hydroxyl groups excluding tert-OH is 1. The van der Waals surface area contributed by atoms with Crippen molar-refractivity contribution in [2.24, 2.45) is 5.92 Å². The van der Waals surface area contributed by atoms with Crippen molar-refractivity contribution in [2.75, 3.05) is 26.2 Å². The van der Waals surface area contributed by atoms with E-state index < -0.39 is 12.1 Å². The highest BCUT2D eigenvalue weighted by molar-refractivity contribution is 5.81. The SMILES string of the molecule is CC(O)C1CCN(CCCNC(=O)C(F)(F)F)C1. The monoisotopic (exact) mass is 268 g/mol. The van der Waals surface area contributed by atoms with Crippen LogP contribution in [0.25, 0.3) is 0 Å². The fraction of sp³-hybridized carbons (Fsp3) is 0.909. The molecule has 0 aromatic carbocycles. The van der Waals surface area contributed by atoms with Gasteiger partial charge in [0.15, 0.2) is 0 Å². The number of carbonyl (C=O) groups excluding carboxylic acids is 1. The molecule has 1 amide bonds. The Bertz CT molecular complexity index is 282. The van der Waals surface area contributed by atoms with Gasteiger partial charge in [0.1, 0.15) is 0 Å². The zero-order chi connectivity index (χ0) is 13.8. The number of amides is 1. The topological polar surface area (TPSA) is 52.6 Å². The van der Waals surface area contributed by atoms with Gasteiger partial charge < -0.3 is 15.3 Å². The number of alkyl halides is 3. The number of aliphatic hydroxyl groups is 1. The quantitative estimate of drug-likeness (QED) is 0.724. The van der Waals surface area contributed by atoms with Gasteiger partial charge in [-0.2, -0.15) is 13.2 Å². The van der Waals surface area contributed by atoms with Crippen LogP contribution in [0.2, 0.25) is 0 Å². The molecule has 106 valence electrons. The molecule has 2 N–H and O–H groups in total. The van der Waals surface area contributed by atoms with E-state index in [1.54, 1.807) is 6.92 Å². The molecular formula is C11H19F3N2O2. The minimum absolute atomic E-state index is 0.0220. The molecule has 2 atom stereocenters. The van der Waals surface area contributed by atoms with Crippen molar-refractivity contribution in [3.63, 3.8) is 0 Å². The third-order valence-corrected chi connectivity index (χ3v) is 3.19. The summed E-state index contributed by atoms with van der Waals surface area (Å²) >= 11 is 0. The number of rotatable bonds is 5. The van der Waals surface area contributed by atoms with Gasteiger partial charge in [-0.1, -0.05) is 0 Å². The Kier molecular flexibility index (Phi) is 5.40. The first-order chi connectivity index (χ1) is 8.30. The number of nitrogens with one attached hydrogen (secondary N) is 1. The number of nitrogens with zero attached hydrogens (tertiary/aromatic N) is 1. The first-order valence-corrected chi connectivity index (χ1v) is 6.06. The summed E-state index contributed by atoms with van der Waals surface area (Å²) in [5, 5.41) is 11.2. The van der Waals surface area contributed by atoms with E-state index >= 15 is 0 Å². The van der Waals surface area contributed by atoms with Gasteiger partial charge in [-0.25, -0.2) is 0 Å². The molecule has 1 aliphatic rings. The maximum atomic E-state index is 11.9. The number of hydrogen-bond donors (Lipinski definition) is 2. The normalized spacial score (nSPS) is 23.1. The molecule has 1 fully saturated rings. The van der Waals surface area contributed by atoms with Crippen LogP contribution in [0.5, 0.6) is 0 Å². The summed E-state index contributed by atoms with van der Waals surface area (Å²) in [6, 6.07) is 0. The molecule has 0 saturated carbocycles. The summed E-state index contributed by atoms with van der Waals surface area (Å²) in [6.45, 7) is 4.03. The highest BCUT2D eigenvalue weighted by Crippen LogP contribution is 2.19. The van der Waals surface area contributed by atoms with E-state index in [2.05, 4.69) is 4.90 Å². The summed E-state index contributed by atoms with van der Waals surface area (Å²) in [4.78, 5) is 12.6. The van der Waals surface area contributed by atoms with Crippen LogP contribution in [0.3, 0.4) is 0 Å². The van der Waals surface area contributed by atoms with E-state index in [4.69, 9.17) is 0 Å². The highest BCUT2D eigenvalue weighted by Gasteiger charge is 2.38. The lowest BCUT2D eigenvalue weighted by Crippen LogP contribution is -2.38. The van der Waals surface area contributed by atoms with E-state index in [9.17, 15) is 23.1 Å². The molecule has 0 aliphatic carbocycles. The zero-order valence-corrected chi connectivity index (χ0v) is 10.3. The lowest BCUT2D eigenvalue weighted by molar-refractivity contribution is -0.173. The molecule has 1 aliphatic heterocycles. The van der Waals surface area contributed by atoms with Crippen LogP contribution in [-0.4, -0.2) is 54.4 Å². The molecule has 0 bridgehead atoms. The lowest BCUT2D eigenvalue weighted by Gasteiger charge is -2.17. The summed E-state index contributed by atoms with van der Waals surface area (Å²) in [5.41, 5.74) is 0. The molecule has 18 heavy (non-hydrogen) atoms. The third kappa shape index (κ3) is 4.81. The van der Waals surface area contributed by atoms with Crippen molar-refractivity contribution < 1.29 is 23.1 Å². The molecule has 1 saturated heterocycles. The summed E-state index contributed by atoms with van der Waals surface area (Å²) in [7, 11) is 0. The number of carbonyl (C=O) groups is 1. The maximum absolute atomic E-state index is 11.9. The Morgan fingerprint density at radius 3 is 2.72 bits per heavy atom. The molecule has 0 aromatic rings. The minimum Gasteiger partial charge on any atom is -0.393 e. The third-order valence-electron chi connectivity index (χ3n) is 3.19. The van der Waals surface area contributed by atoms with Crippen LogP contribution < -0.4 is 5.32 Å². The molecular weight excluding hydrogens is 249 g/mol. The smallest absolute Gasteiger partial charge is 0.393 e. The number of halogens is 3. The first-order valence-electron chi connectivity index (χ1n) is 6.06. The molecule has 0 spiro atoms. The van der Waals surface area contributed by atoms with Crippen molar-refractivity contribution in [3.8, 4) is 0 Å². The minimum atomic E-state index is -4.80. The molecule has 1 heterocycles. The second kappa shape index (κ2) is 6.38. The van der Waals surface area contributed by atoms with Crippen LogP contribution in [0, 0.1) is 5.92 Å². The summed E-state index contributed by atoms with van der Waals surface area (Å²) in [6.07, 6.45) is -3.76. The molecule has 0 radical (unpaired) electrons. The second-order valence-corrected chi connectivity index (χ2v) is 4.70. The van der Waals surface area contributed by atoms with Crippen molar-refractivity contribution in [2.45, 2.75) is 32.0 Å². The lowest BCUT2D eigenvalue weighted by atomic mass is 10.0. The van der Waals surface area contributed by atoms with Gasteiger partial charge in [0.25, 0.3) is 0 Å². The van der Waals surface area contributed by atoms with E-state index in [1.807, 2.05) is 5.32 Å². The number of likely N-dealkylation sites (tertiary alicyclic amines) is 1. The van der Waals surface area contributed by atoms with Crippen LogP contribution in [0.15, 0.2) is 0 Å².